The fourth-order valence-corrected chi connectivity index (χ4v) is 4.22. The van der Waals surface area contributed by atoms with Gasteiger partial charge in [0.05, 0.1) is 26.4 Å². The van der Waals surface area contributed by atoms with Gasteiger partial charge in [0.2, 0.25) is 0 Å². The van der Waals surface area contributed by atoms with Crippen molar-refractivity contribution < 1.29 is 23.8 Å². The van der Waals surface area contributed by atoms with E-state index in [4.69, 9.17) is 14.2 Å². The van der Waals surface area contributed by atoms with Crippen LogP contribution in [0.15, 0.2) is 48.5 Å². The van der Waals surface area contributed by atoms with Crippen LogP contribution >= 0.6 is 11.3 Å². The van der Waals surface area contributed by atoms with Gasteiger partial charge in [-0.15, -0.1) is 11.3 Å². The number of amides is 1. The second-order valence-electron chi connectivity index (χ2n) is 6.34. The van der Waals surface area contributed by atoms with E-state index in [1.807, 2.05) is 38.1 Å². The van der Waals surface area contributed by atoms with E-state index >= 15 is 0 Å². The summed E-state index contributed by atoms with van der Waals surface area (Å²) in [6.07, 6.45) is 0. The first kappa shape index (κ1) is 21.4. The van der Waals surface area contributed by atoms with Crippen molar-refractivity contribution in [2.45, 2.75) is 13.8 Å². The molecule has 0 unspecified atom stereocenters. The Morgan fingerprint density at radius 1 is 1.03 bits per heavy atom. The van der Waals surface area contributed by atoms with Gasteiger partial charge in [0, 0.05) is 10.4 Å². The molecule has 0 saturated heterocycles. The number of anilines is 1. The predicted molar refractivity (Wildman–Crippen MR) is 118 cm³/mol. The van der Waals surface area contributed by atoms with Crippen molar-refractivity contribution in [1.29, 1.82) is 0 Å². The number of aryl methyl sites for hydroxylation is 1. The van der Waals surface area contributed by atoms with Gasteiger partial charge < -0.3 is 19.5 Å². The highest BCUT2D eigenvalue weighted by atomic mass is 32.1. The average molecular weight is 426 g/mol. The molecular weight excluding hydrogens is 402 g/mol. The monoisotopic (exact) mass is 425 g/mol. The minimum atomic E-state index is -0.515. The fraction of sp³-hybridized carbons (Fsp3) is 0.217. The number of thiophene rings is 1. The highest BCUT2D eigenvalue weighted by Gasteiger charge is 2.26. The van der Waals surface area contributed by atoms with Crippen molar-refractivity contribution in [3.63, 3.8) is 0 Å². The number of carbonyl (C=O) groups is 2. The Hall–Kier alpha value is -3.32. The number of nitrogens with one attached hydrogen (secondary N) is 1. The Morgan fingerprint density at radius 3 is 2.37 bits per heavy atom. The van der Waals surface area contributed by atoms with Gasteiger partial charge in [-0.2, -0.15) is 0 Å². The highest BCUT2D eigenvalue weighted by molar-refractivity contribution is 7.17. The number of ether oxygens (including phenoxy) is 3. The van der Waals surface area contributed by atoms with Crippen molar-refractivity contribution in [2.24, 2.45) is 0 Å². The molecule has 7 heteroatoms. The van der Waals surface area contributed by atoms with Crippen molar-refractivity contribution in [3.8, 4) is 22.6 Å². The lowest BCUT2D eigenvalue weighted by Gasteiger charge is -2.10. The van der Waals surface area contributed by atoms with E-state index in [0.29, 0.717) is 28.5 Å². The Bertz CT molecular complexity index is 1060. The molecular formula is C23H23NO5S. The second kappa shape index (κ2) is 9.45. The van der Waals surface area contributed by atoms with Gasteiger partial charge in [0.25, 0.3) is 5.91 Å². The quantitative estimate of drug-likeness (QED) is 0.529. The molecule has 0 bridgehead atoms. The summed E-state index contributed by atoms with van der Waals surface area (Å²) in [6, 6.07) is 14.4. The molecule has 6 nitrogen and oxygen atoms in total. The van der Waals surface area contributed by atoms with Crippen LogP contribution in [-0.2, 0) is 4.74 Å². The molecule has 0 saturated carbocycles. The molecule has 0 fully saturated rings. The molecule has 0 atom stereocenters. The van der Waals surface area contributed by atoms with Gasteiger partial charge in [-0.25, -0.2) is 4.79 Å². The summed E-state index contributed by atoms with van der Waals surface area (Å²) in [7, 11) is 2.83. The largest absolute Gasteiger partial charge is 0.496 e. The predicted octanol–water partition coefficient (Wildman–Crippen LogP) is 5.17. The van der Waals surface area contributed by atoms with Crippen LogP contribution in [0.2, 0.25) is 0 Å². The topological polar surface area (TPSA) is 73.9 Å². The van der Waals surface area contributed by atoms with E-state index in [9.17, 15) is 9.59 Å². The molecule has 0 aliphatic rings. The van der Waals surface area contributed by atoms with Crippen LogP contribution in [0.25, 0.3) is 11.1 Å². The molecule has 1 N–H and O–H groups in total. The van der Waals surface area contributed by atoms with Gasteiger partial charge in [-0.05, 0) is 43.7 Å². The van der Waals surface area contributed by atoms with E-state index in [0.717, 1.165) is 21.8 Å². The molecule has 0 spiro atoms. The number of esters is 1. The van der Waals surface area contributed by atoms with E-state index in [1.54, 1.807) is 24.3 Å². The zero-order valence-electron chi connectivity index (χ0n) is 17.3. The maximum Gasteiger partial charge on any atom is 0.341 e. The number of para-hydroxylation sites is 1. The smallest absolute Gasteiger partial charge is 0.341 e. The summed E-state index contributed by atoms with van der Waals surface area (Å²) < 4.78 is 15.8. The summed E-state index contributed by atoms with van der Waals surface area (Å²) in [5.74, 6) is 0.323. The Kier molecular flexibility index (Phi) is 6.74. The molecule has 30 heavy (non-hydrogen) atoms. The first-order valence-electron chi connectivity index (χ1n) is 9.39. The van der Waals surface area contributed by atoms with Crippen LogP contribution < -0.4 is 14.8 Å². The fourth-order valence-electron chi connectivity index (χ4n) is 3.16. The van der Waals surface area contributed by atoms with Crippen molar-refractivity contribution >= 4 is 28.2 Å². The summed E-state index contributed by atoms with van der Waals surface area (Å²) in [6.45, 7) is 4.40. The number of hydrogen-bond donors (Lipinski definition) is 1. The van der Waals surface area contributed by atoms with Gasteiger partial charge in [0.15, 0.2) is 0 Å². The molecule has 0 aliphatic carbocycles. The third-order valence-corrected chi connectivity index (χ3v) is 5.53. The van der Waals surface area contributed by atoms with E-state index < -0.39 is 5.97 Å². The molecule has 2 aromatic carbocycles. The third kappa shape index (κ3) is 4.31. The molecule has 1 amide bonds. The lowest BCUT2D eigenvalue weighted by Crippen LogP contribution is -2.15. The molecule has 3 aromatic rings. The summed E-state index contributed by atoms with van der Waals surface area (Å²) >= 11 is 1.33. The van der Waals surface area contributed by atoms with Gasteiger partial charge in [-0.1, -0.05) is 24.3 Å². The van der Waals surface area contributed by atoms with Crippen LogP contribution in [-0.4, -0.2) is 32.7 Å². The van der Waals surface area contributed by atoms with Crippen LogP contribution in [0.4, 0.5) is 5.00 Å². The standard InChI is InChI=1S/C23H23NO5S/c1-5-29-16-12-10-15(11-13-16)19-14(2)30-22(20(19)23(26)28-4)24-21(25)17-8-6-7-9-18(17)27-3/h6-13H,5H2,1-4H3,(H,24,25). The minimum absolute atomic E-state index is 0.326. The van der Waals surface area contributed by atoms with Crippen LogP contribution in [0.1, 0.15) is 32.5 Å². The maximum absolute atomic E-state index is 12.9. The van der Waals surface area contributed by atoms with Crippen LogP contribution in [0, 0.1) is 6.92 Å². The van der Waals surface area contributed by atoms with Crippen molar-refractivity contribution in [1.82, 2.24) is 0 Å². The molecule has 0 radical (unpaired) electrons. The van der Waals surface area contributed by atoms with Gasteiger partial charge in [-0.3, -0.25) is 4.79 Å². The lowest BCUT2D eigenvalue weighted by atomic mass is 10.0. The number of carbonyl (C=O) groups excluding carboxylic acids is 2. The summed E-state index contributed by atoms with van der Waals surface area (Å²) in [5.41, 5.74) is 2.27. The second-order valence-corrected chi connectivity index (χ2v) is 7.57. The highest BCUT2D eigenvalue weighted by Crippen LogP contribution is 2.41. The lowest BCUT2D eigenvalue weighted by molar-refractivity contribution is 0.0603. The summed E-state index contributed by atoms with van der Waals surface area (Å²) in [5, 5.41) is 3.28. The molecule has 1 heterocycles. The first-order chi connectivity index (χ1) is 14.5. The Morgan fingerprint density at radius 2 is 1.73 bits per heavy atom. The zero-order valence-corrected chi connectivity index (χ0v) is 18.1. The van der Waals surface area contributed by atoms with Crippen molar-refractivity contribution in [3.05, 3.63) is 64.5 Å². The van der Waals surface area contributed by atoms with Crippen molar-refractivity contribution in [2.75, 3.05) is 26.1 Å². The molecule has 3 rings (SSSR count). The van der Waals surface area contributed by atoms with E-state index in [2.05, 4.69) is 5.32 Å². The molecule has 1 aromatic heterocycles. The molecule has 0 aliphatic heterocycles. The minimum Gasteiger partial charge on any atom is -0.496 e. The normalized spacial score (nSPS) is 10.4. The number of methoxy groups -OCH3 is 2. The maximum atomic E-state index is 12.9. The van der Waals surface area contributed by atoms with E-state index in [-0.39, 0.29) is 5.91 Å². The Labute approximate surface area is 179 Å². The van der Waals surface area contributed by atoms with Gasteiger partial charge >= 0.3 is 5.97 Å². The third-order valence-electron chi connectivity index (χ3n) is 4.51. The van der Waals surface area contributed by atoms with E-state index in [1.165, 1.54) is 25.6 Å². The Balaban J connectivity index is 2.02. The van der Waals surface area contributed by atoms with Gasteiger partial charge in [0.1, 0.15) is 22.1 Å². The van der Waals surface area contributed by atoms with Crippen LogP contribution in [0.5, 0.6) is 11.5 Å². The van der Waals surface area contributed by atoms with Crippen LogP contribution in [0.3, 0.4) is 0 Å². The number of rotatable bonds is 7. The number of hydrogen-bond acceptors (Lipinski definition) is 6. The zero-order chi connectivity index (χ0) is 21.7. The first-order valence-corrected chi connectivity index (χ1v) is 10.2. The summed E-state index contributed by atoms with van der Waals surface area (Å²) in [4.78, 5) is 26.4. The average Bonchev–Trinajstić information content (AvgIpc) is 3.09. The number of benzene rings is 2. The molecule has 156 valence electrons. The SMILES string of the molecule is CCOc1ccc(-c2c(C)sc(NC(=O)c3ccccc3OC)c2C(=O)OC)cc1.